The molecule has 1 aliphatic carbocycles. The van der Waals surface area contributed by atoms with Gasteiger partial charge in [0, 0.05) is 24.0 Å². The molecule has 0 spiro atoms. The molecule has 2 amide bonds. The van der Waals surface area contributed by atoms with Gasteiger partial charge in [0.2, 0.25) is 11.8 Å². The van der Waals surface area contributed by atoms with E-state index < -0.39 is 0 Å². The van der Waals surface area contributed by atoms with Crippen molar-refractivity contribution in [3.8, 4) is 0 Å². The summed E-state index contributed by atoms with van der Waals surface area (Å²) in [6.07, 6.45) is 0.563. The number of nitrogens with one attached hydrogen (secondary N) is 1. The molecule has 128 valence electrons. The molecule has 0 aromatic heterocycles. The lowest BCUT2D eigenvalue weighted by Crippen LogP contribution is -2.29. The Kier molecular flexibility index (Phi) is 4.65. The Morgan fingerprint density at radius 1 is 0.960 bits per heavy atom. The van der Waals surface area contributed by atoms with Gasteiger partial charge in [-0.05, 0) is 49.7 Å². The molecule has 2 aromatic carbocycles. The zero-order valence-electron chi connectivity index (χ0n) is 14.2. The molecule has 2 unspecified atom stereocenters. The van der Waals surface area contributed by atoms with Crippen LogP contribution in [0.15, 0.2) is 54.6 Å². The van der Waals surface area contributed by atoms with Crippen molar-refractivity contribution in [2.45, 2.75) is 13.3 Å². The zero-order chi connectivity index (χ0) is 18.0. The summed E-state index contributed by atoms with van der Waals surface area (Å²) in [6, 6.07) is 16.1. The first-order chi connectivity index (χ1) is 12.0. The van der Waals surface area contributed by atoms with Crippen LogP contribution in [0.2, 0.25) is 0 Å². The lowest BCUT2D eigenvalue weighted by molar-refractivity contribution is -0.123. The second kappa shape index (κ2) is 6.89. The maximum atomic E-state index is 12.5. The van der Waals surface area contributed by atoms with Gasteiger partial charge in [0.1, 0.15) is 0 Å². The molecule has 5 heteroatoms. The lowest BCUT2D eigenvalue weighted by Gasteiger charge is -2.17. The van der Waals surface area contributed by atoms with Crippen LogP contribution >= 0.6 is 0 Å². The van der Waals surface area contributed by atoms with Crippen molar-refractivity contribution in [1.29, 1.82) is 0 Å². The van der Waals surface area contributed by atoms with Gasteiger partial charge in [-0.15, -0.1) is 0 Å². The van der Waals surface area contributed by atoms with E-state index >= 15 is 0 Å². The molecular formula is C20H20N2O3. The standard InChI is InChI=1S/C20H20N2O3/c1-13(23)14-8-10-15(11-9-14)21-19(24)17-12-18(17)20(25)22(2)16-6-4-3-5-7-16/h3-11,17-18H,12H2,1-2H3,(H,21,24). The smallest absolute Gasteiger partial charge is 0.230 e. The van der Waals surface area contributed by atoms with Gasteiger partial charge in [0.25, 0.3) is 0 Å². The molecule has 1 fully saturated rings. The number of benzene rings is 2. The monoisotopic (exact) mass is 336 g/mol. The van der Waals surface area contributed by atoms with E-state index in [2.05, 4.69) is 5.32 Å². The number of nitrogens with zero attached hydrogens (tertiary/aromatic N) is 1. The molecule has 0 bridgehead atoms. The minimum absolute atomic E-state index is 0.0188. The molecule has 2 aromatic rings. The van der Waals surface area contributed by atoms with E-state index in [4.69, 9.17) is 0 Å². The normalized spacial score (nSPS) is 18.3. The van der Waals surface area contributed by atoms with E-state index in [0.29, 0.717) is 17.7 Å². The number of hydrogen-bond donors (Lipinski definition) is 1. The quantitative estimate of drug-likeness (QED) is 0.853. The first-order valence-corrected chi connectivity index (χ1v) is 8.22. The van der Waals surface area contributed by atoms with Crippen molar-refractivity contribution >= 4 is 29.0 Å². The summed E-state index contributed by atoms with van der Waals surface area (Å²) < 4.78 is 0. The van der Waals surface area contributed by atoms with Gasteiger partial charge >= 0.3 is 0 Å². The predicted octanol–water partition coefficient (Wildman–Crippen LogP) is 3.13. The number of carbonyl (C=O) groups excluding carboxylic acids is 3. The van der Waals surface area contributed by atoms with Gasteiger partial charge in [-0.1, -0.05) is 18.2 Å². The van der Waals surface area contributed by atoms with Crippen LogP contribution in [0.1, 0.15) is 23.7 Å². The summed E-state index contributed by atoms with van der Waals surface area (Å²) in [6.45, 7) is 1.50. The molecular weight excluding hydrogens is 316 g/mol. The Morgan fingerprint density at radius 2 is 1.60 bits per heavy atom. The van der Waals surface area contributed by atoms with E-state index in [-0.39, 0.29) is 29.4 Å². The maximum Gasteiger partial charge on any atom is 0.230 e. The zero-order valence-corrected chi connectivity index (χ0v) is 14.2. The molecule has 5 nitrogen and oxygen atoms in total. The third-order valence-electron chi connectivity index (χ3n) is 4.48. The van der Waals surface area contributed by atoms with Crippen LogP contribution in [0.5, 0.6) is 0 Å². The number of rotatable bonds is 5. The van der Waals surface area contributed by atoms with Crippen molar-refractivity contribution in [2.75, 3.05) is 17.3 Å². The summed E-state index contributed by atoms with van der Waals surface area (Å²) in [5, 5.41) is 2.81. The van der Waals surface area contributed by atoms with Crippen molar-refractivity contribution in [2.24, 2.45) is 11.8 Å². The number of amides is 2. The number of ketones is 1. The highest BCUT2D eigenvalue weighted by atomic mass is 16.2. The molecule has 0 aliphatic heterocycles. The third kappa shape index (κ3) is 3.76. The van der Waals surface area contributed by atoms with Gasteiger partial charge in [-0.3, -0.25) is 14.4 Å². The third-order valence-corrected chi connectivity index (χ3v) is 4.48. The summed E-state index contributed by atoms with van der Waals surface area (Å²) in [5.41, 5.74) is 2.05. The topological polar surface area (TPSA) is 66.5 Å². The SMILES string of the molecule is CC(=O)c1ccc(NC(=O)C2CC2C(=O)N(C)c2ccccc2)cc1. The fourth-order valence-corrected chi connectivity index (χ4v) is 2.81. The lowest BCUT2D eigenvalue weighted by atomic mass is 10.1. The molecule has 0 heterocycles. The molecule has 1 N–H and O–H groups in total. The van der Waals surface area contributed by atoms with Crippen LogP contribution in [-0.2, 0) is 9.59 Å². The van der Waals surface area contributed by atoms with Gasteiger partial charge < -0.3 is 10.2 Å². The van der Waals surface area contributed by atoms with Gasteiger partial charge in [0.15, 0.2) is 5.78 Å². The Morgan fingerprint density at radius 3 is 2.20 bits per heavy atom. The van der Waals surface area contributed by atoms with E-state index in [1.54, 1.807) is 36.2 Å². The Labute approximate surface area is 146 Å². The molecule has 1 aliphatic rings. The van der Waals surface area contributed by atoms with Crippen LogP contribution in [0.25, 0.3) is 0 Å². The van der Waals surface area contributed by atoms with Gasteiger partial charge in [-0.25, -0.2) is 0 Å². The predicted molar refractivity (Wildman–Crippen MR) is 96.5 cm³/mol. The van der Waals surface area contributed by atoms with Crippen molar-refractivity contribution in [3.63, 3.8) is 0 Å². The average Bonchev–Trinajstić information content (AvgIpc) is 3.42. The van der Waals surface area contributed by atoms with Crippen molar-refractivity contribution in [1.82, 2.24) is 0 Å². The number of Topliss-reactive ketones (excluding diaryl/α,β-unsaturated/α-hetero) is 1. The van der Waals surface area contributed by atoms with Gasteiger partial charge in [0.05, 0.1) is 11.8 Å². The largest absolute Gasteiger partial charge is 0.326 e. The molecule has 3 rings (SSSR count). The molecule has 0 radical (unpaired) electrons. The highest BCUT2D eigenvalue weighted by Gasteiger charge is 2.49. The number of anilines is 2. The van der Waals surface area contributed by atoms with E-state index in [1.807, 2.05) is 30.3 Å². The fraction of sp³-hybridized carbons (Fsp3) is 0.250. The van der Waals surface area contributed by atoms with Crippen molar-refractivity contribution < 1.29 is 14.4 Å². The Hall–Kier alpha value is -2.95. The summed E-state index contributed by atoms with van der Waals surface area (Å²) in [5.74, 6) is -0.795. The van der Waals surface area contributed by atoms with Crippen LogP contribution in [-0.4, -0.2) is 24.6 Å². The van der Waals surface area contributed by atoms with E-state index in [9.17, 15) is 14.4 Å². The highest BCUT2D eigenvalue weighted by molar-refractivity contribution is 6.04. The Balaban J connectivity index is 1.58. The van der Waals surface area contributed by atoms with Crippen LogP contribution in [0.4, 0.5) is 11.4 Å². The number of hydrogen-bond acceptors (Lipinski definition) is 3. The maximum absolute atomic E-state index is 12.5. The van der Waals surface area contributed by atoms with E-state index in [1.165, 1.54) is 6.92 Å². The summed E-state index contributed by atoms with van der Waals surface area (Å²) >= 11 is 0. The molecule has 2 atom stereocenters. The summed E-state index contributed by atoms with van der Waals surface area (Å²) in [7, 11) is 1.73. The first-order valence-electron chi connectivity index (χ1n) is 8.22. The van der Waals surface area contributed by atoms with Crippen molar-refractivity contribution in [3.05, 3.63) is 60.2 Å². The number of para-hydroxylation sites is 1. The molecule has 0 saturated heterocycles. The van der Waals surface area contributed by atoms with Crippen LogP contribution < -0.4 is 10.2 Å². The molecule has 25 heavy (non-hydrogen) atoms. The second-order valence-electron chi connectivity index (χ2n) is 6.30. The molecule has 1 saturated carbocycles. The fourth-order valence-electron chi connectivity index (χ4n) is 2.81. The van der Waals surface area contributed by atoms with E-state index in [0.717, 1.165) is 5.69 Å². The number of carbonyl (C=O) groups is 3. The first kappa shape index (κ1) is 16.9. The van der Waals surface area contributed by atoms with Gasteiger partial charge in [-0.2, -0.15) is 0 Å². The minimum Gasteiger partial charge on any atom is -0.326 e. The van der Waals surface area contributed by atoms with Crippen LogP contribution in [0, 0.1) is 11.8 Å². The highest BCUT2D eigenvalue weighted by Crippen LogP contribution is 2.41. The van der Waals surface area contributed by atoms with Crippen LogP contribution in [0.3, 0.4) is 0 Å². The second-order valence-corrected chi connectivity index (χ2v) is 6.30. The average molecular weight is 336 g/mol. The minimum atomic E-state index is -0.300. The summed E-state index contributed by atoms with van der Waals surface area (Å²) in [4.78, 5) is 37.7. The Bertz CT molecular complexity index is 799.